The molecule has 1 atom stereocenters. The highest BCUT2D eigenvalue weighted by molar-refractivity contribution is 6.30. The minimum absolute atomic E-state index is 0.267. The number of hydrogen-bond acceptors (Lipinski definition) is 4. The molecular weight excluding hydrogens is 350 g/mol. The highest BCUT2D eigenvalue weighted by atomic mass is 35.5. The van der Waals surface area contributed by atoms with Gasteiger partial charge in [-0.15, -0.1) is 0 Å². The van der Waals surface area contributed by atoms with Crippen LogP contribution in [0.3, 0.4) is 0 Å². The van der Waals surface area contributed by atoms with Crippen molar-refractivity contribution in [2.45, 2.75) is 25.7 Å². The molecular formula is C21H20ClNO3. The van der Waals surface area contributed by atoms with E-state index < -0.39 is 0 Å². The number of methoxy groups -OCH3 is 1. The second-order valence-corrected chi connectivity index (χ2v) is 7.06. The highest BCUT2D eigenvalue weighted by Crippen LogP contribution is 2.45. The molecule has 0 amide bonds. The van der Waals surface area contributed by atoms with Crippen molar-refractivity contribution in [3.8, 4) is 5.75 Å². The van der Waals surface area contributed by atoms with E-state index in [1.54, 1.807) is 13.0 Å². The Morgan fingerprint density at radius 3 is 2.92 bits per heavy atom. The molecule has 2 aromatic carbocycles. The van der Waals surface area contributed by atoms with Crippen molar-refractivity contribution in [3.05, 3.63) is 69.4 Å². The van der Waals surface area contributed by atoms with Crippen molar-refractivity contribution in [2.75, 3.05) is 19.0 Å². The van der Waals surface area contributed by atoms with Crippen molar-refractivity contribution in [2.24, 2.45) is 0 Å². The lowest BCUT2D eigenvalue weighted by Crippen LogP contribution is -2.23. The molecule has 2 aromatic rings. The molecule has 2 heterocycles. The van der Waals surface area contributed by atoms with Gasteiger partial charge in [-0.2, -0.15) is 0 Å². The average molecular weight is 370 g/mol. The molecule has 0 bridgehead atoms. The molecule has 4 nitrogen and oxygen atoms in total. The lowest BCUT2D eigenvalue weighted by molar-refractivity contribution is -0.136. The van der Waals surface area contributed by atoms with Gasteiger partial charge in [-0.3, -0.25) is 0 Å². The molecule has 26 heavy (non-hydrogen) atoms. The molecule has 2 aliphatic heterocycles. The smallest absolute Gasteiger partial charge is 0.338 e. The number of esters is 1. The summed E-state index contributed by atoms with van der Waals surface area (Å²) in [6, 6.07) is 11.8. The van der Waals surface area contributed by atoms with E-state index in [0.29, 0.717) is 16.4 Å². The first-order valence-corrected chi connectivity index (χ1v) is 9.09. The van der Waals surface area contributed by atoms with Crippen LogP contribution in [0.5, 0.6) is 5.75 Å². The zero-order chi connectivity index (χ0) is 18.3. The fraction of sp³-hybridized carbons (Fsp3) is 0.286. The summed E-state index contributed by atoms with van der Waals surface area (Å²) in [5.41, 5.74) is 4.88. The Hall–Kier alpha value is -2.46. The molecule has 1 N–H and O–H groups in total. The van der Waals surface area contributed by atoms with E-state index in [1.807, 2.05) is 12.1 Å². The summed E-state index contributed by atoms with van der Waals surface area (Å²) in [5.74, 6) is 0.638. The summed E-state index contributed by atoms with van der Waals surface area (Å²) in [7, 11) is 1.39. The van der Waals surface area contributed by atoms with E-state index in [0.717, 1.165) is 36.3 Å². The third-order valence-corrected chi connectivity index (χ3v) is 5.26. The average Bonchev–Trinajstić information content (AvgIpc) is 2.66. The number of allylic oxidation sites excluding steroid dienone is 1. The van der Waals surface area contributed by atoms with Crippen LogP contribution in [0, 0.1) is 0 Å². The number of rotatable bonds is 2. The van der Waals surface area contributed by atoms with Crippen LogP contribution in [0.1, 0.15) is 36.0 Å². The van der Waals surface area contributed by atoms with Gasteiger partial charge in [0.05, 0.1) is 12.7 Å². The van der Waals surface area contributed by atoms with Gasteiger partial charge in [0.25, 0.3) is 0 Å². The van der Waals surface area contributed by atoms with E-state index in [4.69, 9.17) is 21.1 Å². The maximum absolute atomic E-state index is 12.5. The SMILES string of the molecule is COC(=O)C1=C(C)Oc2ccc(Cl)cc2[C@H]1c1ccc2c(c1)CCCN2. The quantitative estimate of drug-likeness (QED) is 0.781. The molecule has 4 rings (SSSR count). The van der Waals surface area contributed by atoms with E-state index in [2.05, 4.69) is 23.5 Å². The Balaban J connectivity index is 1.90. The molecule has 0 aliphatic carbocycles. The number of carbonyl (C=O) groups excluding carboxylic acids is 1. The lowest BCUT2D eigenvalue weighted by atomic mass is 9.81. The van der Waals surface area contributed by atoms with Gasteiger partial charge < -0.3 is 14.8 Å². The van der Waals surface area contributed by atoms with Crippen molar-refractivity contribution < 1.29 is 14.3 Å². The molecule has 134 valence electrons. The van der Waals surface area contributed by atoms with Crippen LogP contribution in [0.15, 0.2) is 47.7 Å². The molecule has 0 saturated carbocycles. The number of fused-ring (bicyclic) bond motifs is 2. The monoisotopic (exact) mass is 369 g/mol. The first-order chi connectivity index (χ1) is 12.6. The Bertz CT molecular complexity index is 919. The summed E-state index contributed by atoms with van der Waals surface area (Å²) >= 11 is 6.24. The van der Waals surface area contributed by atoms with Crippen LogP contribution < -0.4 is 10.1 Å². The fourth-order valence-corrected chi connectivity index (χ4v) is 3.99. The van der Waals surface area contributed by atoms with Gasteiger partial charge in [-0.25, -0.2) is 4.79 Å². The third-order valence-electron chi connectivity index (χ3n) is 5.02. The lowest BCUT2D eigenvalue weighted by Gasteiger charge is -2.30. The number of carbonyl (C=O) groups is 1. The summed E-state index contributed by atoms with van der Waals surface area (Å²) < 4.78 is 10.9. The van der Waals surface area contributed by atoms with Crippen LogP contribution in [0.4, 0.5) is 5.69 Å². The zero-order valence-corrected chi connectivity index (χ0v) is 15.5. The summed E-state index contributed by atoms with van der Waals surface area (Å²) in [4.78, 5) is 12.5. The predicted molar refractivity (Wildman–Crippen MR) is 102 cm³/mol. The van der Waals surface area contributed by atoms with Gasteiger partial charge in [0.15, 0.2) is 0 Å². The summed E-state index contributed by atoms with van der Waals surface area (Å²) in [5, 5.41) is 4.04. The van der Waals surface area contributed by atoms with Crippen molar-refractivity contribution >= 4 is 23.3 Å². The van der Waals surface area contributed by atoms with E-state index in [9.17, 15) is 4.79 Å². The summed E-state index contributed by atoms with van der Waals surface area (Å²) in [6.45, 7) is 2.80. The fourth-order valence-electron chi connectivity index (χ4n) is 3.81. The van der Waals surface area contributed by atoms with Crippen molar-refractivity contribution in [1.82, 2.24) is 0 Å². The largest absolute Gasteiger partial charge is 0.466 e. The van der Waals surface area contributed by atoms with Crippen LogP contribution in [0.2, 0.25) is 5.02 Å². The number of benzene rings is 2. The number of halogens is 1. The molecule has 0 radical (unpaired) electrons. The normalized spacial score (nSPS) is 18.3. The Labute approximate surface area is 157 Å². The minimum Gasteiger partial charge on any atom is -0.466 e. The predicted octanol–water partition coefficient (Wildman–Crippen LogP) is 4.67. The van der Waals surface area contributed by atoms with Gasteiger partial charge in [-0.05, 0) is 55.2 Å². The number of hydrogen-bond donors (Lipinski definition) is 1. The molecule has 0 saturated heterocycles. The van der Waals surface area contributed by atoms with E-state index in [-0.39, 0.29) is 11.9 Å². The summed E-state index contributed by atoms with van der Waals surface area (Å²) in [6.07, 6.45) is 2.13. The maximum Gasteiger partial charge on any atom is 0.338 e. The number of anilines is 1. The number of ether oxygens (including phenoxy) is 2. The van der Waals surface area contributed by atoms with Gasteiger partial charge in [0.1, 0.15) is 11.5 Å². The topological polar surface area (TPSA) is 47.6 Å². The van der Waals surface area contributed by atoms with Crippen LogP contribution in [-0.4, -0.2) is 19.6 Å². The molecule has 0 fully saturated rings. The molecule has 0 unspecified atom stereocenters. The molecule has 5 heteroatoms. The van der Waals surface area contributed by atoms with Crippen LogP contribution in [0.25, 0.3) is 0 Å². The van der Waals surface area contributed by atoms with Gasteiger partial charge in [-0.1, -0.05) is 23.7 Å². The molecule has 0 spiro atoms. The van der Waals surface area contributed by atoms with Gasteiger partial charge >= 0.3 is 5.97 Å². The van der Waals surface area contributed by atoms with Crippen LogP contribution in [-0.2, 0) is 16.0 Å². The minimum atomic E-state index is -0.381. The first-order valence-electron chi connectivity index (χ1n) is 8.71. The highest BCUT2D eigenvalue weighted by Gasteiger charge is 2.35. The van der Waals surface area contributed by atoms with Crippen molar-refractivity contribution in [1.29, 1.82) is 0 Å². The number of nitrogens with one attached hydrogen (secondary N) is 1. The van der Waals surface area contributed by atoms with Crippen molar-refractivity contribution in [3.63, 3.8) is 0 Å². The van der Waals surface area contributed by atoms with Gasteiger partial charge in [0, 0.05) is 28.7 Å². The number of aryl methyl sites for hydroxylation is 1. The third kappa shape index (κ3) is 2.84. The maximum atomic E-state index is 12.5. The Kier molecular flexibility index (Phi) is 4.37. The van der Waals surface area contributed by atoms with E-state index >= 15 is 0 Å². The Morgan fingerprint density at radius 2 is 2.12 bits per heavy atom. The van der Waals surface area contributed by atoms with Crippen LogP contribution >= 0.6 is 11.6 Å². The molecule has 0 aromatic heterocycles. The Morgan fingerprint density at radius 1 is 1.27 bits per heavy atom. The van der Waals surface area contributed by atoms with Gasteiger partial charge in [0.2, 0.25) is 0 Å². The second-order valence-electron chi connectivity index (χ2n) is 6.63. The molecule has 2 aliphatic rings. The zero-order valence-electron chi connectivity index (χ0n) is 14.8. The second kappa shape index (κ2) is 6.69. The van der Waals surface area contributed by atoms with E-state index in [1.165, 1.54) is 18.4 Å². The standard InChI is InChI=1S/C21H20ClNO3/c1-12-19(21(24)25-2)20(16-11-15(22)6-8-18(16)26-12)14-5-7-17-13(10-14)4-3-9-23-17/h5-8,10-11,20,23H,3-4,9H2,1-2H3/t20-/m1/s1. The first kappa shape index (κ1) is 17.0.